The third-order valence-electron chi connectivity index (χ3n) is 4.35. The van der Waals surface area contributed by atoms with Crippen LogP contribution in [0, 0.1) is 10.1 Å². The second-order valence-corrected chi connectivity index (χ2v) is 7.62. The standard InChI is InChI=1S/C18H15ClN2O4.C3H7NO2/c1-10(22)5-12-8-13(19)9-16-17(12)15(18(23)20-16)7-11-3-2-4-14(6-11)21(24)25;1-4(2)3(5)6/h2-4,6,8-10,22H,5,7H2,1H3;1-2H3,(H,5,6). The predicted octanol–water partition coefficient (Wildman–Crippen LogP) is 1.95. The van der Waals surface area contributed by atoms with Gasteiger partial charge in [-0.25, -0.2) is 9.79 Å². The molecule has 0 saturated heterocycles. The zero-order valence-corrected chi connectivity index (χ0v) is 18.0. The number of aliphatic hydroxyl groups excluding tert-OH is 1. The fourth-order valence-electron chi connectivity index (χ4n) is 3.00. The number of nitrogens with zero attached hydrogens (tertiary/aromatic N) is 3. The van der Waals surface area contributed by atoms with Crippen LogP contribution in [0.2, 0.25) is 5.02 Å². The molecule has 0 radical (unpaired) electrons. The van der Waals surface area contributed by atoms with E-state index in [0.29, 0.717) is 33.2 Å². The van der Waals surface area contributed by atoms with E-state index < -0.39 is 17.1 Å². The number of non-ortho nitro benzene ring substituents is 1. The zero-order chi connectivity index (χ0) is 23.3. The summed E-state index contributed by atoms with van der Waals surface area (Å²) in [4.78, 5) is 37.6. The fourth-order valence-corrected chi connectivity index (χ4v) is 3.23. The van der Waals surface area contributed by atoms with Crippen molar-refractivity contribution in [3.8, 4) is 0 Å². The summed E-state index contributed by atoms with van der Waals surface area (Å²) in [5.74, 6) is -0.379. The van der Waals surface area contributed by atoms with Crippen LogP contribution in [0.5, 0.6) is 0 Å². The lowest BCUT2D eigenvalue weighted by Gasteiger charge is -2.08. The largest absolute Gasteiger partial charge is 0.465 e. The van der Waals surface area contributed by atoms with Gasteiger partial charge in [0.05, 0.1) is 16.4 Å². The van der Waals surface area contributed by atoms with Gasteiger partial charge in [-0.15, -0.1) is 0 Å². The Labute approximate surface area is 183 Å². The molecule has 1 heterocycles. The van der Waals surface area contributed by atoms with Gasteiger partial charge in [0, 0.05) is 48.5 Å². The minimum absolute atomic E-state index is 0.0268. The van der Waals surface area contributed by atoms with Crippen LogP contribution < -0.4 is 10.6 Å². The van der Waals surface area contributed by atoms with E-state index in [4.69, 9.17) is 16.7 Å². The number of carbonyl (C=O) groups is 2. The number of benzene rings is 2. The first kappa shape index (κ1) is 24.0. The molecule has 1 aliphatic rings. The second kappa shape index (κ2) is 10.1. The normalized spacial score (nSPS) is 12.9. The summed E-state index contributed by atoms with van der Waals surface area (Å²) in [7, 11) is 2.95. The summed E-state index contributed by atoms with van der Waals surface area (Å²) < 4.78 is 0. The smallest absolute Gasteiger partial charge is 0.406 e. The van der Waals surface area contributed by atoms with Crippen molar-refractivity contribution in [3.63, 3.8) is 0 Å². The number of amides is 2. The van der Waals surface area contributed by atoms with E-state index in [0.717, 1.165) is 10.5 Å². The molecule has 0 aliphatic carbocycles. The number of rotatable bonds is 5. The Balaban J connectivity index is 0.000000501. The number of nitro benzene ring substituents is 1. The average Bonchev–Trinajstić information content (AvgIpc) is 2.97. The molecule has 0 aromatic heterocycles. The first-order valence-electron chi connectivity index (χ1n) is 9.26. The molecule has 0 saturated carbocycles. The Morgan fingerprint density at radius 1 is 1.29 bits per heavy atom. The van der Waals surface area contributed by atoms with E-state index in [-0.39, 0.29) is 18.0 Å². The molecule has 3 rings (SSSR count). The van der Waals surface area contributed by atoms with Crippen LogP contribution in [0.1, 0.15) is 18.1 Å². The lowest BCUT2D eigenvalue weighted by Crippen LogP contribution is -2.30. The van der Waals surface area contributed by atoms with Crippen LogP contribution in [0.3, 0.4) is 0 Å². The Morgan fingerprint density at radius 2 is 1.94 bits per heavy atom. The molecule has 2 aromatic carbocycles. The van der Waals surface area contributed by atoms with Gasteiger partial charge in [-0.1, -0.05) is 23.7 Å². The second-order valence-electron chi connectivity index (χ2n) is 7.19. The molecule has 2 N–H and O–H groups in total. The third-order valence-corrected chi connectivity index (χ3v) is 4.56. The molecular weight excluding hydrogens is 426 g/mol. The summed E-state index contributed by atoms with van der Waals surface area (Å²) in [5, 5.41) is 30.2. The first-order chi connectivity index (χ1) is 14.5. The van der Waals surface area contributed by atoms with Crippen LogP contribution >= 0.6 is 11.6 Å². The highest BCUT2D eigenvalue weighted by molar-refractivity contribution is 6.30. The van der Waals surface area contributed by atoms with Crippen molar-refractivity contribution in [2.24, 2.45) is 4.99 Å². The van der Waals surface area contributed by atoms with Gasteiger partial charge in [-0.2, -0.15) is 0 Å². The molecule has 0 spiro atoms. The number of hydrogen-bond acceptors (Lipinski definition) is 5. The highest BCUT2D eigenvalue weighted by Gasteiger charge is 2.21. The van der Waals surface area contributed by atoms with E-state index in [9.17, 15) is 24.8 Å². The number of nitro groups is 1. The molecule has 1 atom stereocenters. The van der Waals surface area contributed by atoms with Crippen LogP contribution in [0.25, 0.3) is 5.57 Å². The van der Waals surface area contributed by atoms with Gasteiger partial charge in [-0.3, -0.25) is 14.9 Å². The zero-order valence-electron chi connectivity index (χ0n) is 17.2. The molecule has 9 nitrogen and oxygen atoms in total. The first-order valence-corrected chi connectivity index (χ1v) is 9.63. The van der Waals surface area contributed by atoms with E-state index in [1.807, 2.05) is 0 Å². The number of fused-ring (bicyclic) bond motifs is 1. The lowest BCUT2D eigenvalue weighted by molar-refractivity contribution is -0.384. The van der Waals surface area contributed by atoms with Crippen molar-refractivity contribution in [2.75, 3.05) is 14.1 Å². The number of carbonyl (C=O) groups excluding carboxylic acids is 1. The van der Waals surface area contributed by atoms with Crippen molar-refractivity contribution in [1.29, 1.82) is 0 Å². The number of carboxylic acid groups (broad SMARTS) is 1. The number of aliphatic hydroxyl groups is 1. The van der Waals surface area contributed by atoms with Crippen molar-refractivity contribution < 1.29 is 24.7 Å². The Morgan fingerprint density at radius 3 is 2.48 bits per heavy atom. The van der Waals surface area contributed by atoms with Crippen LogP contribution in [0.4, 0.5) is 10.5 Å². The highest BCUT2D eigenvalue weighted by atomic mass is 35.5. The molecule has 1 unspecified atom stereocenters. The van der Waals surface area contributed by atoms with Crippen LogP contribution in [-0.2, 0) is 17.6 Å². The minimum Gasteiger partial charge on any atom is -0.465 e. The summed E-state index contributed by atoms with van der Waals surface area (Å²) in [6, 6.07) is 9.50. The van der Waals surface area contributed by atoms with Crippen molar-refractivity contribution >= 4 is 34.9 Å². The topological polar surface area (TPSA) is 133 Å². The molecular formula is C21H22ClN3O6. The Bertz CT molecular complexity index is 1140. The van der Waals surface area contributed by atoms with E-state index in [1.165, 1.54) is 26.2 Å². The summed E-state index contributed by atoms with van der Waals surface area (Å²) in [6.07, 6.45) is -0.942. The lowest BCUT2D eigenvalue weighted by atomic mass is 9.98. The number of hydrogen-bond donors (Lipinski definition) is 2. The molecule has 10 heteroatoms. The summed E-state index contributed by atoms with van der Waals surface area (Å²) in [5.41, 5.74) is 1.83. The predicted molar refractivity (Wildman–Crippen MR) is 115 cm³/mol. The fraction of sp³-hybridized carbons (Fsp3) is 0.286. The average molecular weight is 448 g/mol. The molecule has 2 aromatic rings. The van der Waals surface area contributed by atoms with E-state index >= 15 is 0 Å². The maximum absolute atomic E-state index is 12.4. The van der Waals surface area contributed by atoms with E-state index in [1.54, 1.807) is 31.2 Å². The molecule has 164 valence electrons. The maximum Gasteiger partial charge on any atom is 0.406 e. The monoisotopic (exact) mass is 447 g/mol. The van der Waals surface area contributed by atoms with Crippen molar-refractivity contribution in [3.05, 3.63) is 73.2 Å². The molecule has 0 fully saturated rings. The molecule has 31 heavy (non-hydrogen) atoms. The van der Waals surface area contributed by atoms with E-state index in [2.05, 4.69) is 4.99 Å². The van der Waals surface area contributed by atoms with Gasteiger partial charge in [0.2, 0.25) is 0 Å². The SMILES string of the molecule is CC(O)Cc1cc(Cl)cc2c1=C(Cc1cccc([N+](=O)[O-])c1)C(=O)N=2.CN(C)C(=O)O. The van der Waals surface area contributed by atoms with Gasteiger partial charge in [0.15, 0.2) is 0 Å². The quantitative estimate of drug-likeness (QED) is 0.531. The summed E-state index contributed by atoms with van der Waals surface area (Å²) >= 11 is 6.09. The molecule has 0 bridgehead atoms. The van der Waals surface area contributed by atoms with Gasteiger partial charge in [0.25, 0.3) is 11.6 Å². The summed E-state index contributed by atoms with van der Waals surface area (Å²) in [6.45, 7) is 1.65. The maximum atomic E-state index is 12.4. The van der Waals surface area contributed by atoms with Crippen molar-refractivity contribution in [1.82, 2.24) is 4.90 Å². The Kier molecular flexibility index (Phi) is 7.84. The Hall–Kier alpha value is -3.30. The third kappa shape index (κ3) is 6.34. The molecule has 2 amide bonds. The minimum atomic E-state index is -0.907. The van der Waals surface area contributed by atoms with Gasteiger partial charge >= 0.3 is 6.09 Å². The van der Waals surface area contributed by atoms with Gasteiger partial charge in [0.1, 0.15) is 0 Å². The van der Waals surface area contributed by atoms with Gasteiger partial charge in [-0.05, 0) is 36.6 Å². The highest BCUT2D eigenvalue weighted by Crippen LogP contribution is 2.18. The van der Waals surface area contributed by atoms with Gasteiger partial charge < -0.3 is 15.1 Å². The van der Waals surface area contributed by atoms with Crippen molar-refractivity contribution in [2.45, 2.75) is 25.9 Å². The number of halogens is 1. The molecule has 1 aliphatic heterocycles. The van der Waals surface area contributed by atoms with Crippen LogP contribution in [-0.4, -0.2) is 52.2 Å². The van der Waals surface area contributed by atoms with Crippen LogP contribution in [0.15, 0.2) is 41.4 Å².